The van der Waals surface area contributed by atoms with E-state index in [1.54, 1.807) is 7.11 Å². The van der Waals surface area contributed by atoms with Crippen molar-refractivity contribution in [3.63, 3.8) is 0 Å². The summed E-state index contributed by atoms with van der Waals surface area (Å²) < 4.78 is 5.11. The van der Waals surface area contributed by atoms with Crippen molar-refractivity contribution in [1.82, 2.24) is 0 Å². The van der Waals surface area contributed by atoms with Gasteiger partial charge in [0.15, 0.2) is 0 Å². The van der Waals surface area contributed by atoms with Crippen LogP contribution in [0.3, 0.4) is 0 Å². The first kappa shape index (κ1) is 13.5. The van der Waals surface area contributed by atoms with Crippen LogP contribution in [-0.2, 0) is 4.74 Å². The Morgan fingerprint density at radius 1 is 1.07 bits per heavy atom. The van der Waals surface area contributed by atoms with E-state index in [0.29, 0.717) is 0 Å². The maximum absolute atomic E-state index is 5.29. The molecule has 1 nitrogen and oxygen atoms in total. The van der Waals surface area contributed by atoms with Crippen LogP contribution in [0, 0.1) is 12.3 Å². The zero-order valence-corrected chi connectivity index (χ0v) is 9.72. The Labute approximate surface area is 89.2 Å². The highest BCUT2D eigenvalue weighted by molar-refractivity contribution is 4.93. The third kappa shape index (κ3) is 8.13. The fraction of sp³-hybridized carbons (Fsp3) is 0.846. The second kappa shape index (κ2) is 10.6. The summed E-state index contributed by atoms with van der Waals surface area (Å²) in [5.74, 6) is 2.64. The third-order valence-electron chi connectivity index (χ3n) is 2.54. The molecule has 0 saturated heterocycles. The normalized spacial score (nSPS) is 12.4. The van der Waals surface area contributed by atoms with Gasteiger partial charge in [-0.25, -0.2) is 0 Å². The summed E-state index contributed by atoms with van der Waals surface area (Å²) in [5, 5.41) is 0. The number of rotatable bonds is 9. The van der Waals surface area contributed by atoms with Gasteiger partial charge in [-0.05, 0) is 12.8 Å². The van der Waals surface area contributed by atoms with Crippen LogP contribution in [0.2, 0.25) is 0 Å². The predicted octanol–water partition coefficient (Wildman–Crippen LogP) is 3.78. The minimum Gasteiger partial charge on any atom is -0.369 e. The van der Waals surface area contributed by atoms with Crippen molar-refractivity contribution in [3.05, 3.63) is 0 Å². The summed E-state index contributed by atoms with van der Waals surface area (Å²) in [6.45, 7) is 2.25. The fourth-order valence-corrected chi connectivity index (χ4v) is 1.56. The van der Waals surface area contributed by atoms with Crippen LogP contribution in [0.1, 0.15) is 58.3 Å². The van der Waals surface area contributed by atoms with Crippen LogP contribution in [0.4, 0.5) is 0 Å². The summed E-state index contributed by atoms with van der Waals surface area (Å²) in [6, 6.07) is 0. The molecule has 0 saturated carbocycles. The lowest BCUT2D eigenvalue weighted by atomic mass is 10.1. The third-order valence-corrected chi connectivity index (χ3v) is 2.54. The largest absolute Gasteiger partial charge is 0.369 e. The molecule has 0 aromatic rings. The minimum atomic E-state index is 0.0330. The van der Waals surface area contributed by atoms with E-state index in [0.717, 1.165) is 6.42 Å². The van der Waals surface area contributed by atoms with Gasteiger partial charge in [0.2, 0.25) is 0 Å². The van der Waals surface area contributed by atoms with E-state index in [9.17, 15) is 0 Å². The number of hydrogen-bond acceptors (Lipinski definition) is 1. The highest BCUT2D eigenvalue weighted by Crippen LogP contribution is 2.10. The van der Waals surface area contributed by atoms with Gasteiger partial charge < -0.3 is 4.74 Å². The van der Waals surface area contributed by atoms with E-state index in [-0.39, 0.29) is 6.10 Å². The molecule has 0 rings (SSSR count). The van der Waals surface area contributed by atoms with Gasteiger partial charge >= 0.3 is 0 Å². The smallest absolute Gasteiger partial charge is 0.117 e. The van der Waals surface area contributed by atoms with Gasteiger partial charge in [0.05, 0.1) is 0 Å². The molecule has 0 aliphatic heterocycles. The molecular weight excluding hydrogens is 172 g/mol. The van der Waals surface area contributed by atoms with E-state index >= 15 is 0 Å². The quantitative estimate of drug-likeness (QED) is 0.403. The molecule has 0 spiro atoms. The summed E-state index contributed by atoms with van der Waals surface area (Å²) in [6.07, 6.45) is 15.7. The Morgan fingerprint density at radius 3 is 2.14 bits per heavy atom. The molecule has 0 aromatic heterocycles. The van der Waals surface area contributed by atoms with Crippen molar-refractivity contribution in [1.29, 1.82) is 0 Å². The first-order valence-electron chi connectivity index (χ1n) is 5.84. The van der Waals surface area contributed by atoms with Gasteiger partial charge in [-0.1, -0.05) is 51.4 Å². The Morgan fingerprint density at radius 2 is 1.64 bits per heavy atom. The topological polar surface area (TPSA) is 9.23 Å². The molecule has 1 heteroatoms. The van der Waals surface area contributed by atoms with Gasteiger partial charge in [-0.3, -0.25) is 0 Å². The Bertz CT molecular complexity index is 146. The van der Waals surface area contributed by atoms with Gasteiger partial charge in [0, 0.05) is 7.11 Å². The summed E-state index contributed by atoms with van der Waals surface area (Å²) in [5.41, 5.74) is 0. The zero-order valence-electron chi connectivity index (χ0n) is 9.72. The van der Waals surface area contributed by atoms with Gasteiger partial charge in [0.1, 0.15) is 6.10 Å². The lowest BCUT2D eigenvalue weighted by Crippen LogP contribution is -2.06. The highest BCUT2D eigenvalue weighted by Gasteiger charge is 2.00. The predicted molar refractivity (Wildman–Crippen MR) is 62.2 cm³/mol. The second-order valence-electron chi connectivity index (χ2n) is 3.80. The summed E-state index contributed by atoms with van der Waals surface area (Å²) in [7, 11) is 1.69. The zero-order chi connectivity index (χ0) is 10.6. The number of unbranched alkanes of at least 4 members (excludes halogenated alkanes) is 6. The van der Waals surface area contributed by atoms with E-state index in [4.69, 9.17) is 11.2 Å². The van der Waals surface area contributed by atoms with E-state index < -0.39 is 0 Å². The molecule has 0 heterocycles. The molecule has 0 N–H and O–H groups in total. The van der Waals surface area contributed by atoms with E-state index in [1.165, 1.54) is 44.9 Å². The number of methoxy groups -OCH3 is 1. The van der Waals surface area contributed by atoms with Crippen LogP contribution in [-0.4, -0.2) is 13.2 Å². The van der Waals surface area contributed by atoms with Crippen molar-refractivity contribution in [2.24, 2.45) is 0 Å². The van der Waals surface area contributed by atoms with Crippen molar-refractivity contribution in [2.75, 3.05) is 7.11 Å². The molecule has 0 aliphatic carbocycles. The van der Waals surface area contributed by atoms with E-state index in [2.05, 4.69) is 12.8 Å². The molecular formula is C13H24O. The maximum atomic E-state index is 5.29. The van der Waals surface area contributed by atoms with Crippen LogP contribution in [0.15, 0.2) is 0 Å². The van der Waals surface area contributed by atoms with Crippen LogP contribution in [0.5, 0.6) is 0 Å². The van der Waals surface area contributed by atoms with Crippen molar-refractivity contribution < 1.29 is 4.74 Å². The Kier molecular flexibility index (Phi) is 10.2. The number of hydrogen-bond donors (Lipinski definition) is 0. The Hall–Kier alpha value is -0.480. The van der Waals surface area contributed by atoms with Crippen LogP contribution >= 0.6 is 0 Å². The summed E-state index contributed by atoms with van der Waals surface area (Å²) in [4.78, 5) is 0. The lowest BCUT2D eigenvalue weighted by molar-refractivity contribution is 0.138. The van der Waals surface area contributed by atoms with Gasteiger partial charge in [-0.2, -0.15) is 0 Å². The molecule has 0 radical (unpaired) electrons. The number of terminal acetylenes is 1. The molecule has 0 aliphatic rings. The van der Waals surface area contributed by atoms with Crippen molar-refractivity contribution >= 4 is 0 Å². The molecule has 14 heavy (non-hydrogen) atoms. The molecule has 82 valence electrons. The minimum absolute atomic E-state index is 0.0330. The second-order valence-corrected chi connectivity index (χ2v) is 3.80. The molecule has 0 amide bonds. The molecule has 0 bridgehead atoms. The average Bonchev–Trinajstić information content (AvgIpc) is 2.22. The van der Waals surface area contributed by atoms with Gasteiger partial charge in [0.25, 0.3) is 0 Å². The van der Waals surface area contributed by atoms with Crippen molar-refractivity contribution in [2.45, 2.75) is 64.4 Å². The molecule has 1 atom stereocenters. The molecule has 0 fully saturated rings. The molecule has 0 aromatic carbocycles. The van der Waals surface area contributed by atoms with Crippen LogP contribution < -0.4 is 0 Å². The maximum Gasteiger partial charge on any atom is 0.117 e. The highest BCUT2D eigenvalue weighted by atomic mass is 16.5. The lowest BCUT2D eigenvalue weighted by Gasteiger charge is -2.07. The SMILES string of the molecule is C#C[C@H](CCCCCCCCC)OC. The summed E-state index contributed by atoms with van der Waals surface area (Å²) >= 11 is 0. The van der Waals surface area contributed by atoms with E-state index in [1.807, 2.05) is 0 Å². The average molecular weight is 196 g/mol. The molecule has 0 unspecified atom stereocenters. The Balaban J connectivity index is 3.09. The number of ether oxygens (including phenoxy) is 1. The van der Waals surface area contributed by atoms with Crippen LogP contribution in [0.25, 0.3) is 0 Å². The fourth-order valence-electron chi connectivity index (χ4n) is 1.56. The standard InChI is InChI=1S/C13H24O/c1-4-6-7-8-9-10-11-12-13(5-2)14-3/h2,13H,4,6-12H2,1,3H3/t13-/m1/s1. The van der Waals surface area contributed by atoms with Crippen molar-refractivity contribution in [3.8, 4) is 12.3 Å². The monoisotopic (exact) mass is 196 g/mol. The first-order chi connectivity index (χ1) is 6.85. The van der Waals surface area contributed by atoms with Gasteiger partial charge in [-0.15, -0.1) is 6.42 Å². The first-order valence-corrected chi connectivity index (χ1v) is 5.84.